The molecule has 13 heavy (non-hydrogen) atoms. The maximum absolute atomic E-state index is 10.4. The Bertz CT molecular complexity index is 149. The van der Waals surface area contributed by atoms with Gasteiger partial charge in [0.15, 0.2) is 6.10 Å². The van der Waals surface area contributed by atoms with E-state index in [1.165, 1.54) is 0 Å². The summed E-state index contributed by atoms with van der Waals surface area (Å²) in [5, 5.41) is 8.54. The van der Waals surface area contributed by atoms with Crippen LogP contribution in [0.3, 0.4) is 0 Å². The zero-order valence-electron chi connectivity index (χ0n) is 8.03. The predicted molar refractivity (Wildman–Crippen MR) is 47.5 cm³/mol. The van der Waals surface area contributed by atoms with Gasteiger partial charge in [0.25, 0.3) is 0 Å². The molecule has 0 radical (unpaired) electrons. The lowest BCUT2D eigenvalue weighted by Gasteiger charge is -2.12. The highest BCUT2D eigenvalue weighted by atomic mass is 16.5. The molecule has 0 fully saturated rings. The van der Waals surface area contributed by atoms with Crippen molar-refractivity contribution in [2.45, 2.75) is 26.1 Å². The van der Waals surface area contributed by atoms with Gasteiger partial charge < -0.3 is 20.3 Å². The third kappa shape index (κ3) is 6.51. The zero-order chi connectivity index (χ0) is 10.3. The lowest BCUT2D eigenvalue weighted by Crippen LogP contribution is -2.33. The van der Waals surface area contributed by atoms with Crippen molar-refractivity contribution in [1.82, 2.24) is 0 Å². The van der Waals surface area contributed by atoms with Gasteiger partial charge in [-0.1, -0.05) is 0 Å². The van der Waals surface area contributed by atoms with Crippen LogP contribution in [0.5, 0.6) is 0 Å². The molecule has 5 nitrogen and oxygen atoms in total. The van der Waals surface area contributed by atoms with Crippen LogP contribution >= 0.6 is 0 Å². The van der Waals surface area contributed by atoms with E-state index in [1.807, 2.05) is 13.8 Å². The second-order valence-electron chi connectivity index (χ2n) is 2.85. The van der Waals surface area contributed by atoms with Gasteiger partial charge in [-0.25, -0.2) is 4.79 Å². The van der Waals surface area contributed by atoms with Crippen LogP contribution in [0.2, 0.25) is 0 Å². The summed E-state index contributed by atoms with van der Waals surface area (Å²) < 4.78 is 10.1. The van der Waals surface area contributed by atoms with E-state index in [0.717, 1.165) is 0 Å². The molecule has 5 heteroatoms. The summed E-state index contributed by atoms with van der Waals surface area (Å²) in [5.41, 5.74) is 5.17. The Kier molecular flexibility index (Phi) is 6.48. The van der Waals surface area contributed by atoms with Crippen molar-refractivity contribution in [3.63, 3.8) is 0 Å². The number of hydrogen-bond acceptors (Lipinski definition) is 4. The third-order valence-corrected chi connectivity index (χ3v) is 1.34. The molecule has 0 aliphatic heterocycles. The summed E-state index contributed by atoms with van der Waals surface area (Å²) in [6, 6.07) is 0. The first-order valence-electron chi connectivity index (χ1n) is 4.24. The van der Waals surface area contributed by atoms with Crippen molar-refractivity contribution in [2.75, 3.05) is 19.8 Å². The van der Waals surface area contributed by atoms with Gasteiger partial charge in [0.05, 0.1) is 19.3 Å². The molecule has 0 aliphatic rings. The van der Waals surface area contributed by atoms with Crippen LogP contribution in [0.1, 0.15) is 13.8 Å². The number of carboxylic acid groups (broad SMARTS) is 1. The van der Waals surface area contributed by atoms with Gasteiger partial charge in [0.1, 0.15) is 0 Å². The Morgan fingerprint density at radius 1 is 1.38 bits per heavy atom. The quantitative estimate of drug-likeness (QED) is 0.546. The highest BCUT2D eigenvalue weighted by Crippen LogP contribution is 1.92. The lowest BCUT2D eigenvalue weighted by atomic mass is 10.4. The molecule has 0 heterocycles. The van der Waals surface area contributed by atoms with Gasteiger partial charge in [-0.2, -0.15) is 0 Å². The minimum Gasteiger partial charge on any atom is -0.479 e. The number of nitrogens with two attached hydrogens (primary N) is 1. The van der Waals surface area contributed by atoms with Gasteiger partial charge in [-0.05, 0) is 13.8 Å². The fourth-order valence-corrected chi connectivity index (χ4v) is 0.714. The van der Waals surface area contributed by atoms with Crippen LogP contribution in [0.4, 0.5) is 0 Å². The van der Waals surface area contributed by atoms with E-state index >= 15 is 0 Å². The zero-order valence-corrected chi connectivity index (χ0v) is 8.03. The van der Waals surface area contributed by atoms with Crippen LogP contribution in [0.15, 0.2) is 0 Å². The highest BCUT2D eigenvalue weighted by molar-refractivity contribution is 5.72. The predicted octanol–water partition coefficient (Wildman–Crippen LogP) is -0.160. The summed E-state index contributed by atoms with van der Waals surface area (Å²) in [6.45, 7) is 4.43. The molecule has 0 rings (SSSR count). The van der Waals surface area contributed by atoms with Crippen molar-refractivity contribution in [3.8, 4) is 0 Å². The molecule has 0 amide bonds. The summed E-state index contributed by atoms with van der Waals surface area (Å²) in [6.07, 6.45) is -0.791. The van der Waals surface area contributed by atoms with Crippen LogP contribution in [-0.4, -0.2) is 43.0 Å². The maximum Gasteiger partial charge on any atom is 0.334 e. The minimum absolute atomic E-state index is 0.0169. The number of aliphatic carboxylic acids is 1. The highest BCUT2D eigenvalue weighted by Gasteiger charge is 2.14. The SMILES string of the molecule is CC(C)OCCOC(CN)C(=O)O. The molecule has 0 saturated carbocycles. The first-order chi connectivity index (χ1) is 6.07. The summed E-state index contributed by atoms with van der Waals surface area (Å²) in [7, 11) is 0. The molecule has 0 bridgehead atoms. The normalized spacial score (nSPS) is 13.2. The van der Waals surface area contributed by atoms with E-state index < -0.39 is 12.1 Å². The van der Waals surface area contributed by atoms with Crippen LogP contribution < -0.4 is 5.73 Å². The monoisotopic (exact) mass is 191 g/mol. The Hall–Kier alpha value is -0.650. The topological polar surface area (TPSA) is 81.8 Å². The van der Waals surface area contributed by atoms with E-state index in [2.05, 4.69) is 0 Å². The molecule has 0 aromatic carbocycles. The van der Waals surface area contributed by atoms with E-state index in [9.17, 15) is 4.79 Å². The Morgan fingerprint density at radius 2 is 1.92 bits per heavy atom. The Balaban J connectivity index is 3.44. The van der Waals surface area contributed by atoms with Gasteiger partial charge >= 0.3 is 5.97 Å². The van der Waals surface area contributed by atoms with Crippen molar-refractivity contribution in [1.29, 1.82) is 0 Å². The van der Waals surface area contributed by atoms with Gasteiger partial charge in [0.2, 0.25) is 0 Å². The standard InChI is InChI=1S/C8H17NO4/c1-6(2)12-3-4-13-7(5-9)8(10)11/h6-7H,3-5,9H2,1-2H3,(H,10,11). The van der Waals surface area contributed by atoms with E-state index in [1.54, 1.807) is 0 Å². The number of carbonyl (C=O) groups is 1. The van der Waals surface area contributed by atoms with Crippen molar-refractivity contribution >= 4 is 5.97 Å². The van der Waals surface area contributed by atoms with Gasteiger partial charge in [-0.15, -0.1) is 0 Å². The maximum atomic E-state index is 10.4. The number of carboxylic acids is 1. The molecular formula is C8H17NO4. The Morgan fingerprint density at radius 3 is 2.31 bits per heavy atom. The minimum atomic E-state index is -1.04. The number of ether oxygens (including phenoxy) is 2. The van der Waals surface area contributed by atoms with Gasteiger partial charge in [-0.3, -0.25) is 0 Å². The number of rotatable bonds is 7. The average molecular weight is 191 g/mol. The van der Waals surface area contributed by atoms with Crippen LogP contribution in [0.25, 0.3) is 0 Å². The molecule has 1 unspecified atom stereocenters. The summed E-state index contributed by atoms with van der Waals surface area (Å²) in [4.78, 5) is 10.4. The molecule has 1 atom stereocenters. The molecule has 0 aromatic rings. The molecule has 0 saturated heterocycles. The molecule has 3 N–H and O–H groups in total. The first-order valence-corrected chi connectivity index (χ1v) is 4.24. The summed E-state index contributed by atoms with van der Waals surface area (Å²) in [5.74, 6) is -1.04. The van der Waals surface area contributed by atoms with Crippen LogP contribution in [-0.2, 0) is 14.3 Å². The average Bonchev–Trinajstić information content (AvgIpc) is 2.03. The summed E-state index contributed by atoms with van der Waals surface area (Å²) >= 11 is 0. The Labute approximate surface area is 77.8 Å². The second kappa shape index (κ2) is 6.82. The molecule has 0 aromatic heterocycles. The van der Waals surface area contributed by atoms with Gasteiger partial charge in [0, 0.05) is 6.54 Å². The smallest absolute Gasteiger partial charge is 0.334 e. The second-order valence-corrected chi connectivity index (χ2v) is 2.85. The molecule has 78 valence electrons. The van der Waals surface area contributed by atoms with E-state index in [-0.39, 0.29) is 19.3 Å². The largest absolute Gasteiger partial charge is 0.479 e. The lowest BCUT2D eigenvalue weighted by molar-refractivity contribution is -0.150. The molecule has 0 aliphatic carbocycles. The first kappa shape index (κ1) is 12.3. The van der Waals surface area contributed by atoms with Crippen molar-refractivity contribution in [3.05, 3.63) is 0 Å². The molecule has 0 spiro atoms. The van der Waals surface area contributed by atoms with Crippen LogP contribution in [0, 0.1) is 0 Å². The third-order valence-electron chi connectivity index (χ3n) is 1.34. The fraction of sp³-hybridized carbons (Fsp3) is 0.875. The van der Waals surface area contributed by atoms with E-state index in [4.69, 9.17) is 20.3 Å². The van der Waals surface area contributed by atoms with Crippen molar-refractivity contribution < 1.29 is 19.4 Å². The van der Waals surface area contributed by atoms with E-state index in [0.29, 0.717) is 6.61 Å². The number of hydrogen-bond donors (Lipinski definition) is 2. The fourth-order valence-electron chi connectivity index (χ4n) is 0.714. The van der Waals surface area contributed by atoms with Crippen molar-refractivity contribution in [2.24, 2.45) is 5.73 Å². The molecular weight excluding hydrogens is 174 g/mol.